The van der Waals surface area contributed by atoms with Crippen LogP contribution in [0.4, 0.5) is 5.69 Å². The fraction of sp³-hybridized carbons (Fsp3) is 0.200. The summed E-state index contributed by atoms with van der Waals surface area (Å²) < 4.78 is 27.6. The van der Waals surface area contributed by atoms with Crippen molar-refractivity contribution >= 4 is 38.2 Å². The van der Waals surface area contributed by atoms with Gasteiger partial charge in [0.05, 0.1) is 5.69 Å². The molecule has 2 N–H and O–H groups in total. The minimum absolute atomic E-state index is 0. The van der Waals surface area contributed by atoms with Crippen LogP contribution in [0.25, 0.3) is 0 Å². The Bertz CT molecular complexity index is 784. The van der Waals surface area contributed by atoms with Crippen LogP contribution in [0, 0.1) is 20.8 Å². The molecule has 0 fully saturated rings. The molecular formula is C15H20NO3PS2. The predicted molar refractivity (Wildman–Crippen MR) is 97.9 cm³/mol. The van der Waals surface area contributed by atoms with Gasteiger partial charge in [0.2, 0.25) is 0 Å². The molecule has 0 bridgehead atoms. The van der Waals surface area contributed by atoms with Gasteiger partial charge in [-0.25, -0.2) is 8.42 Å². The van der Waals surface area contributed by atoms with Crippen molar-refractivity contribution in [3.8, 4) is 5.75 Å². The Hall–Kier alpha value is -1.23. The maximum absolute atomic E-state index is 12.5. The van der Waals surface area contributed by atoms with Gasteiger partial charge in [-0.3, -0.25) is 4.72 Å². The van der Waals surface area contributed by atoms with Crippen LogP contribution in [-0.2, 0) is 10.0 Å². The summed E-state index contributed by atoms with van der Waals surface area (Å²) in [5.74, 6) is -0.345. The Morgan fingerprint density at radius 1 is 1.09 bits per heavy atom. The summed E-state index contributed by atoms with van der Waals surface area (Å²) >= 11 is 4.09. The molecule has 2 aromatic rings. The summed E-state index contributed by atoms with van der Waals surface area (Å²) in [6, 6.07) is 8.54. The third-order valence-electron chi connectivity index (χ3n) is 3.21. The number of aryl methyl sites for hydroxylation is 3. The van der Waals surface area contributed by atoms with Gasteiger partial charge in [-0.05, 0) is 49.6 Å². The van der Waals surface area contributed by atoms with Crippen molar-refractivity contribution < 1.29 is 13.5 Å². The summed E-state index contributed by atoms with van der Waals surface area (Å²) in [5.41, 5.74) is 2.87. The molecule has 0 aromatic heterocycles. The highest BCUT2D eigenvalue weighted by atomic mass is 32.2. The first-order valence-electron chi connectivity index (χ1n) is 6.34. The molecule has 1 unspecified atom stereocenters. The molecule has 120 valence electrons. The molecule has 0 saturated carbocycles. The highest BCUT2D eigenvalue weighted by Gasteiger charge is 2.22. The van der Waals surface area contributed by atoms with Gasteiger partial charge in [0.1, 0.15) is 10.6 Å². The molecule has 0 amide bonds. The van der Waals surface area contributed by atoms with Crippen molar-refractivity contribution in [3.05, 3.63) is 47.0 Å². The molecule has 0 heterocycles. The number of benzene rings is 2. The lowest BCUT2D eigenvalue weighted by Gasteiger charge is -2.15. The van der Waals surface area contributed by atoms with E-state index in [1.165, 1.54) is 6.07 Å². The molecule has 22 heavy (non-hydrogen) atoms. The average Bonchev–Trinajstić information content (AvgIpc) is 2.38. The summed E-state index contributed by atoms with van der Waals surface area (Å²) in [7, 11) is -3.88. The second-order valence-corrected chi connectivity index (χ2v) is 7.14. The molecule has 4 nitrogen and oxygen atoms in total. The molecule has 0 radical (unpaired) electrons. The van der Waals surface area contributed by atoms with E-state index in [-0.39, 0.29) is 25.4 Å². The second-order valence-electron chi connectivity index (χ2n) is 5.00. The van der Waals surface area contributed by atoms with E-state index in [1.54, 1.807) is 13.0 Å². The molecule has 7 heteroatoms. The van der Waals surface area contributed by atoms with Crippen LogP contribution >= 0.6 is 22.5 Å². The van der Waals surface area contributed by atoms with Gasteiger partial charge in [-0.2, -0.15) is 9.90 Å². The standard InChI is InChI=1S/C15H17NO3S2.H3P/c1-9-7-12(20)15(17)13(8-9)21(18,19)16-14-10(2)5-4-6-11(14)3;/h4-8,16-17,20H,1-3H3;1H3. The average molecular weight is 357 g/mol. The van der Waals surface area contributed by atoms with Crippen molar-refractivity contribution in [2.45, 2.75) is 30.6 Å². The van der Waals surface area contributed by atoms with Crippen molar-refractivity contribution in [3.63, 3.8) is 0 Å². The summed E-state index contributed by atoms with van der Waals surface area (Å²) in [4.78, 5) is 0.0621. The Morgan fingerprint density at radius 2 is 1.64 bits per heavy atom. The summed E-state index contributed by atoms with van der Waals surface area (Å²) in [6.45, 7) is 5.40. The van der Waals surface area contributed by atoms with Gasteiger partial charge in [0.25, 0.3) is 10.0 Å². The molecular weight excluding hydrogens is 337 g/mol. The number of para-hydroxylation sites is 1. The number of aromatic hydroxyl groups is 1. The van der Waals surface area contributed by atoms with E-state index in [0.717, 1.165) is 11.1 Å². The molecule has 2 rings (SSSR count). The van der Waals surface area contributed by atoms with Crippen LogP contribution in [0.5, 0.6) is 5.75 Å². The van der Waals surface area contributed by atoms with E-state index in [1.807, 2.05) is 32.0 Å². The lowest BCUT2D eigenvalue weighted by atomic mass is 10.1. The zero-order chi connectivity index (χ0) is 15.8. The lowest BCUT2D eigenvalue weighted by molar-refractivity contribution is 0.446. The second kappa shape index (κ2) is 6.90. The van der Waals surface area contributed by atoms with E-state index in [9.17, 15) is 13.5 Å². The minimum Gasteiger partial charge on any atom is -0.505 e. The van der Waals surface area contributed by atoms with Crippen LogP contribution in [0.1, 0.15) is 16.7 Å². The zero-order valence-corrected chi connectivity index (χ0v) is 15.8. The van der Waals surface area contributed by atoms with Crippen molar-refractivity contribution in [2.24, 2.45) is 0 Å². The van der Waals surface area contributed by atoms with E-state index >= 15 is 0 Å². The van der Waals surface area contributed by atoms with E-state index in [0.29, 0.717) is 11.3 Å². The Balaban J connectivity index is 0.00000242. The third kappa shape index (κ3) is 3.75. The number of phenols is 1. The summed E-state index contributed by atoms with van der Waals surface area (Å²) in [5, 5.41) is 9.98. The fourth-order valence-electron chi connectivity index (χ4n) is 2.10. The van der Waals surface area contributed by atoms with Gasteiger partial charge in [-0.1, -0.05) is 18.2 Å². The van der Waals surface area contributed by atoms with Gasteiger partial charge >= 0.3 is 0 Å². The Kier molecular flexibility index (Phi) is 5.90. The lowest BCUT2D eigenvalue weighted by Crippen LogP contribution is -2.15. The first-order chi connectivity index (χ1) is 9.72. The van der Waals surface area contributed by atoms with Crippen molar-refractivity contribution in [2.75, 3.05) is 4.72 Å². The Morgan fingerprint density at radius 3 is 2.18 bits per heavy atom. The van der Waals surface area contributed by atoms with Crippen molar-refractivity contribution in [1.82, 2.24) is 0 Å². The van der Waals surface area contributed by atoms with Gasteiger partial charge in [0, 0.05) is 4.90 Å². The first-order valence-corrected chi connectivity index (χ1v) is 8.27. The molecule has 0 saturated heterocycles. The van der Waals surface area contributed by atoms with Crippen molar-refractivity contribution in [1.29, 1.82) is 0 Å². The largest absolute Gasteiger partial charge is 0.505 e. The van der Waals surface area contributed by atoms with Crippen LogP contribution in [-0.4, -0.2) is 13.5 Å². The topological polar surface area (TPSA) is 66.4 Å². The number of thiol groups is 1. The zero-order valence-electron chi connectivity index (χ0n) is 12.7. The van der Waals surface area contributed by atoms with E-state index in [4.69, 9.17) is 0 Å². The predicted octanol–water partition coefficient (Wildman–Crippen LogP) is 3.47. The Labute approximate surface area is 140 Å². The van der Waals surface area contributed by atoms with Gasteiger partial charge < -0.3 is 5.11 Å². The van der Waals surface area contributed by atoms with E-state index in [2.05, 4.69) is 17.4 Å². The highest BCUT2D eigenvalue weighted by molar-refractivity contribution is 7.92. The third-order valence-corrected chi connectivity index (χ3v) is 4.91. The number of rotatable bonds is 3. The number of nitrogens with one attached hydrogen (secondary N) is 1. The molecule has 0 spiro atoms. The maximum Gasteiger partial charge on any atom is 0.265 e. The van der Waals surface area contributed by atoms with Gasteiger partial charge in [-0.15, -0.1) is 12.6 Å². The number of hydrogen-bond acceptors (Lipinski definition) is 4. The first kappa shape index (κ1) is 18.8. The molecule has 2 aromatic carbocycles. The molecule has 0 aliphatic carbocycles. The highest BCUT2D eigenvalue weighted by Crippen LogP contribution is 2.33. The number of hydrogen-bond donors (Lipinski definition) is 3. The fourth-order valence-corrected chi connectivity index (χ4v) is 3.90. The summed E-state index contributed by atoms with van der Waals surface area (Å²) in [6.07, 6.45) is 0. The quantitative estimate of drug-likeness (QED) is 0.582. The maximum atomic E-state index is 12.5. The monoisotopic (exact) mass is 357 g/mol. The SMILES string of the molecule is Cc1cc(S)c(O)c(S(=O)(=O)Nc2c(C)cccc2C)c1.P. The minimum atomic E-state index is -3.88. The molecule has 0 aliphatic heterocycles. The normalized spacial score (nSPS) is 10.9. The van der Waals surface area contributed by atoms with E-state index < -0.39 is 10.0 Å². The number of phenolic OH excluding ortho intramolecular Hbond substituents is 1. The molecule has 1 atom stereocenters. The number of anilines is 1. The van der Waals surface area contributed by atoms with Gasteiger partial charge in [0.15, 0.2) is 0 Å². The van der Waals surface area contributed by atoms with Crippen LogP contribution in [0.3, 0.4) is 0 Å². The van der Waals surface area contributed by atoms with Crippen LogP contribution in [0.2, 0.25) is 0 Å². The van der Waals surface area contributed by atoms with Crippen LogP contribution < -0.4 is 4.72 Å². The van der Waals surface area contributed by atoms with Crippen LogP contribution in [0.15, 0.2) is 40.1 Å². The molecule has 0 aliphatic rings. The smallest absolute Gasteiger partial charge is 0.265 e. The number of sulfonamides is 1.